The lowest BCUT2D eigenvalue weighted by molar-refractivity contribution is 0.0949. The minimum Gasteiger partial charge on any atom is -0.507 e. The van der Waals surface area contributed by atoms with E-state index in [1.165, 1.54) is 32.4 Å². The molecule has 110 valence electrons. The van der Waals surface area contributed by atoms with E-state index < -0.39 is 0 Å². The van der Waals surface area contributed by atoms with Gasteiger partial charge in [0.05, 0.1) is 12.7 Å². The maximum absolute atomic E-state index is 12.0. The lowest BCUT2D eigenvalue weighted by Crippen LogP contribution is -2.37. The third-order valence-electron chi connectivity index (χ3n) is 3.64. The summed E-state index contributed by atoms with van der Waals surface area (Å²) in [5, 5.41) is 16.1. The van der Waals surface area contributed by atoms with Crippen LogP contribution in [0.15, 0.2) is 18.2 Å². The van der Waals surface area contributed by atoms with Crippen molar-refractivity contribution in [1.82, 2.24) is 10.6 Å². The van der Waals surface area contributed by atoms with Gasteiger partial charge in [0.2, 0.25) is 0 Å². The smallest absolute Gasteiger partial charge is 0.255 e. The topological polar surface area (TPSA) is 70.6 Å². The van der Waals surface area contributed by atoms with Crippen LogP contribution in [0.25, 0.3) is 0 Å². The minimum absolute atomic E-state index is 0.0577. The van der Waals surface area contributed by atoms with Crippen molar-refractivity contribution >= 4 is 5.91 Å². The first-order valence-corrected chi connectivity index (χ1v) is 7.09. The number of ether oxygens (including phenoxy) is 1. The number of aromatic hydroxyl groups is 1. The summed E-state index contributed by atoms with van der Waals surface area (Å²) in [5.41, 5.74) is 0.280. The van der Waals surface area contributed by atoms with Crippen molar-refractivity contribution in [3.63, 3.8) is 0 Å². The van der Waals surface area contributed by atoms with Gasteiger partial charge in [0.1, 0.15) is 11.5 Å². The predicted molar refractivity (Wildman–Crippen MR) is 77.3 cm³/mol. The van der Waals surface area contributed by atoms with Crippen molar-refractivity contribution in [2.75, 3.05) is 20.2 Å². The molecular formula is C15H22N2O3. The van der Waals surface area contributed by atoms with Crippen molar-refractivity contribution in [1.29, 1.82) is 0 Å². The monoisotopic (exact) mass is 278 g/mol. The Hall–Kier alpha value is -1.75. The third kappa shape index (κ3) is 3.87. The van der Waals surface area contributed by atoms with E-state index >= 15 is 0 Å². The molecule has 1 aliphatic heterocycles. The molecule has 1 aromatic carbocycles. The Balaban J connectivity index is 1.82. The fourth-order valence-electron chi connectivity index (χ4n) is 2.46. The van der Waals surface area contributed by atoms with Gasteiger partial charge in [0, 0.05) is 18.7 Å². The third-order valence-corrected chi connectivity index (χ3v) is 3.64. The van der Waals surface area contributed by atoms with Gasteiger partial charge in [-0.05, 0) is 37.9 Å². The molecule has 5 heteroatoms. The number of phenols is 1. The highest BCUT2D eigenvalue weighted by atomic mass is 16.5. The second-order valence-corrected chi connectivity index (χ2v) is 5.07. The zero-order chi connectivity index (χ0) is 14.4. The second kappa shape index (κ2) is 7.14. The maximum atomic E-state index is 12.0. The number of hydrogen-bond donors (Lipinski definition) is 3. The lowest BCUT2D eigenvalue weighted by atomic mass is 10.0. The van der Waals surface area contributed by atoms with Gasteiger partial charge >= 0.3 is 0 Å². The Kier molecular flexibility index (Phi) is 5.24. The molecule has 0 saturated carbocycles. The molecule has 1 aromatic rings. The number of amides is 1. The standard InChI is InChI=1S/C15H22N2O3/c1-20-12-5-6-13(14(18)10-12)15(19)17-9-7-11-4-2-3-8-16-11/h5-6,10-11,16,18H,2-4,7-9H2,1H3,(H,17,19). The number of carbonyl (C=O) groups is 1. The molecule has 1 fully saturated rings. The average molecular weight is 278 g/mol. The molecule has 0 aliphatic carbocycles. The molecule has 1 amide bonds. The molecule has 1 heterocycles. The minimum atomic E-state index is -0.249. The molecule has 0 aromatic heterocycles. The van der Waals surface area contributed by atoms with Gasteiger partial charge in [-0.1, -0.05) is 6.42 Å². The number of methoxy groups -OCH3 is 1. The van der Waals surface area contributed by atoms with Crippen LogP contribution in [0.5, 0.6) is 11.5 Å². The molecule has 1 unspecified atom stereocenters. The van der Waals surface area contributed by atoms with Crippen LogP contribution in [0.4, 0.5) is 0 Å². The molecule has 1 aliphatic rings. The molecule has 2 rings (SSSR count). The number of phenolic OH excluding ortho intramolecular Hbond substituents is 1. The summed E-state index contributed by atoms with van der Waals surface area (Å²) in [4.78, 5) is 12.0. The van der Waals surface area contributed by atoms with Gasteiger partial charge in [-0.3, -0.25) is 4.79 Å². The van der Waals surface area contributed by atoms with Gasteiger partial charge < -0.3 is 20.5 Å². The quantitative estimate of drug-likeness (QED) is 0.766. The predicted octanol–water partition coefficient (Wildman–Crippen LogP) is 1.66. The summed E-state index contributed by atoms with van der Waals surface area (Å²) in [6, 6.07) is 5.17. The maximum Gasteiger partial charge on any atom is 0.255 e. The number of carbonyl (C=O) groups excluding carboxylic acids is 1. The fraction of sp³-hybridized carbons (Fsp3) is 0.533. The van der Waals surface area contributed by atoms with Crippen LogP contribution in [0.3, 0.4) is 0 Å². The Labute approximate surface area is 119 Å². The summed E-state index contributed by atoms with van der Waals surface area (Å²) in [7, 11) is 1.52. The van der Waals surface area contributed by atoms with Crippen LogP contribution in [-0.4, -0.2) is 37.3 Å². The Morgan fingerprint density at radius 2 is 2.35 bits per heavy atom. The summed E-state index contributed by atoms with van der Waals surface area (Å²) < 4.78 is 4.99. The van der Waals surface area contributed by atoms with E-state index in [0.717, 1.165) is 13.0 Å². The van der Waals surface area contributed by atoms with Crippen molar-refractivity contribution in [3.8, 4) is 11.5 Å². The van der Waals surface area contributed by atoms with Crippen LogP contribution < -0.4 is 15.4 Å². The highest BCUT2D eigenvalue weighted by molar-refractivity contribution is 5.96. The summed E-state index contributed by atoms with van der Waals surface area (Å²) >= 11 is 0. The number of rotatable bonds is 5. The number of hydrogen-bond acceptors (Lipinski definition) is 4. The van der Waals surface area contributed by atoms with E-state index in [-0.39, 0.29) is 17.2 Å². The molecule has 0 spiro atoms. The van der Waals surface area contributed by atoms with E-state index in [9.17, 15) is 9.90 Å². The highest BCUT2D eigenvalue weighted by Crippen LogP contribution is 2.23. The Morgan fingerprint density at radius 3 is 3.00 bits per heavy atom. The van der Waals surface area contributed by atoms with Crippen molar-refractivity contribution < 1.29 is 14.6 Å². The van der Waals surface area contributed by atoms with Crippen LogP contribution >= 0.6 is 0 Å². The van der Waals surface area contributed by atoms with Crippen molar-refractivity contribution in [2.24, 2.45) is 0 Å². The molecule has 1 saturated heterocycles. The van der Waals surface area contributed by atoms with E-state index in [4.69, 9.17) is 4.74 Å². The van der Waals surface area contributed by atoms with Gasteiger partial charge in [-0.25, -0.2) is 0 Å². The molecule has 0 bridgehead atoms. The van der Waals surface area contributed by atoms with E-state index in [2.05, 4.69) is 10.6 Å². The number of piperidine rings is 1. The number of nitrogens with one attached hydrogen (secondary N) is 2. The summed E-state index contributed by atoms with van der Waals surface area (Å²) in [5.74, 6) is 0.226. The molecule has 0 radical (unpaired) electrons. The Morgan fingerprint density at radius 1 is 1.50 bits per heavy atom. The molecule has 1 atom stereocenters. The van der Waals surface area contributed by atoms with Gasteiger partial charge in [-0.15, -0.1) is 0 Å². The largest absolute Gasteiger partial charge is 0.507 e. The van der Waals surface area contributed by atoms with E-state index in [1.807, 2.05) is 0 Å². The second-order valence-electron chi connectivity index (χ2n) is 5.07. The van der Waals surface area contributed by atoms with E-state index in [1.54, 1.807) is 12.1 Å². The zero-order valence-corrected chi connectivity index (χ0v) is 11.8. The summed E-state index contributed by atoms with van der Waals surface area (Å²) in [6.07, 6.45) is 4.58. The van der Waals surface area contributed by atoms with Crippen molar-refractivity contribution in [2.45, 2.75) is 31.7 Å². The first-order chi connectivity index (χ1) is 9.70. The summed E-state index contributed by atoms with van der Waals surface area (Å²) in [6.45, 7) is 1.68. The highest BCUT2D eigenvalue weighted by Gasteiger charge is 2.14. The van der Waals surface area contributed by atoms with Crippen LogP contribution in [-0.2, 0) is 0 Å². The van der Waals surface area contributed by atoms with E-state index in [0.29, 0.717) is 18.3 Å². The van der Waals surface area contributed by atoms with Crippen LogP contribution in [0, 0.1) is 0 Å². The Bertz CT molecular complexity index is 456. The zero-order valence-electron chi connectivity index (χ0n) is 11.8. The fourth-order valence-corrected chi connectivity index (χ4v) is 2.46. The molecule has 20 heavy (non-hydrogen) atoms. The van der Waals surface area contributed by atoms with Gasteiger partial charge in [0.15, 0.2) is 0 Å². The first-order valence-electron chi connectivity index (χ1n) is 7.09. The van der Waals surface area contributed by atoms with Crippen LogP contribution in [0.2, 0.25) is 0 Å². The molecular weight excluding hydrogens is 256 g/mol. The number of benzene rings is 1. The van der Waals surface area contributed by atoms with Crippen LogP contribution in [0.1, 0.15) is 36.0 Å². The normalized spacial score (nSPS) is 18.6. The first kappa shape index (κ1) is 14.7. The lowest BCUT2D eigenvalue weighted by Gasteiger charge is -2.23. The van der Waals surface area contributed by atoms with Gasteiger partial charge in [0.25, 0.3) is 5.91 Å². The SMILES string of the molecule is COc1ccc(C(=O)NCCC2CCCCN2)c(O)c1. The average Bonchev–Trinajstić information content (AvgIpc) is 2.48. The molecule has 5 nitrogen and oxygen atoms in total. The van der Waals surface area contributed by atoms with Gasteiger partial charge in [-0.2, -0.15) is 0 Å². The molecule has 3 N–H and O–H groups in total. The van der Waals surface area contributed by atoms with Crippen molar-refractivity contribution in [3.05, 3.63) is 23.8 Å².